The summed E-state index contributed by atoms with van der Waals surface area (Å²) in [6.45, 7) is 9.16. The van der Waals surface area contributed by atoms with Crippen LogP contribution in [0.15, 0.2) is 0 Å². The van der Waals surface area contributed by atoms with Crippen molar-refractivity contribution in [3.05, 3.63) is 0 Å². The van der Waals surface area contributed by atoms with E-state index in [1.54, 1.807) is 0 Å². The van der Waals surface area contributed by atoms with Gasteiger partial charge in [-0.25, -0.2) is 0 Å². The summed E-state index contributed by atoms with van der Waals surface area (Å²) in [7, 11) is 0. The molecule has 0 heterocycles. The summed E-state index contributed by atoms with van der Waals surface area (Å²) in [5.74, 6) is 0.0380. The smallest absolute Gasteiger partial charge is 0.227 e. The van der Waals surface area contributed by atoms with Crippen LogP contribution in [-0.2, 0) is 4.79 Å². The first-order chi connectivity index (χ1) is 7.87. The maximum atomic E-state index is 12.2. The Morgan fingerprint density at radius 2 is 1.82 bits per heavy atom. The molecule has 0 aromatic carbocycles. The monoisotopic (exact) mass is 244 g/mol. The van der Waals surface area contributed by atoms with Crippen molar-refractivity contribution in [2.75, 3.05) is 19.7 Å². The summed E-state index contributed by atoms with van der Waals surface area (Å²) in [6.07, 6.45) is 2.19. The SMILES string of the molecule is CCC(CC)(CN)C(=O)NCC(C)(C)CCO. The van der Waals surface area contributed by atoms with Crippen molar-refractivity contribution < 1.29 is 9.90 Å². The third kappa shape index (κ3) is 4.64. The van der Waals surface area contributed by atoms with E-state index in [1.807, 2.05) is 27.7 Å². The third-order valence-electron chi connectivity index (χ3n) is 3.74. The Morgan fingerprint density at radius 3 is 2.18 bits per heavy atom. The molecule has 0 atom stereocenters. The molecule has 0 saturated carbocycles. The van der Waals surface area contributed by atoms with Gasteiger partial charge in [-0.15, -0.1) is 0 Å². The quantitative estimate of drug-likeness (QED) is 0.602. The van der Waals surface area contributed by atoms with Crippen LogP contribution in [0.3, 0.4) is 0 Å². The lowest BCUT2D eigenvalue weighted by molar-refractivity contribution is -0.131. The predicted molar refractivity (Wildman–Crippen MR) is 70.6 cm³/mol. The van der Waals surface area contributed by atoms with Crippen molar-refractivity contribution in [3.63, 3.8) is 0 Å². The van der Waals surface area contributed by atoms with Gasteiger partial charge in [-0.05, 0) is 24.7 Å². The Balaban J connectivity index is 4.43. The van der Waals surface area contributed by atoms with E-state index in [0.29, 0.717) is 19.5 Å². The van der Waals surface area contributed by atoms with Crippen LogP contribution in [0, 0.1) is 10.8 Å². The van der Waals surface area contributed by atoms with E-state index in [4.69, 9.17) is 10.8 Å². The molecule has 4 nitrogen and oxygen atoms in total. The predicted octanol–water partition coefficient (Wildman–Crippen LogP) is 1.28. The van der Waals surface area contributed by atoms with Gasteiger partial charge in [0.1, 0.15) is 0 Å². The number of hydrogen-bond acceptors (Lipinski definition) is 3. The van der Waals surface area contributed by atoms with E-state index in [0.717, 1.165) is 12.8 Å². The molecule has 0 saturated heterocycles. The van der Waals surface area contributed by atoms with Gasteiger partial charge in [-0.3, -0.25) is 4.79 Å². The lowest BCUT2D eigenvalue weighted by atomic mass is 9.81. The Morgan fingerprint density at radius 1 is 1.29 bits per heavy atom. The molecule has 4 heteroatoms. The maximum Gasteiger partial charge on any atom is 0.227 e. The van der Waals surface area contributed by atoms with Crippen LogP contribution in [-0.4, -0.2) is 30.7 Å². The molecule has 0 fully saturated rings. The van der Waals surface area contributed by atoms with E-state index in [1.165, 1.54) is 0 Å². The van der Waals surface area contributed by atoms with Gasteiger partial charge in [-0.1, -0.05) is 27.7 Å². The summed E-state index contributed by atoms with van der Waals surface area (Å²) < 4.78 is 0. The van der Waals surface area contributed by atoms with E-state index in [9.17, 15) is 4.79 Å². The molecular formula is C13H28N2O2. The van der Waals surface area contributed by atoms with Gasteiger partial charge in [-0.2, -0.15) is 0 Å². The fraction of sp³-hybridized carbons (Fsp3) is 0.923. The largest absolute Gasteiger partial charge is 0.396 e. The van der Waals surface area contributed by atoms with E-state index < -0.39 is 5.41 Å². The van der Waals surface area contributed by atoms with Crippen molar-refractivity contribution in [3.8, 4) is 0 Å². The summed E-state index contributed by atoms with van der Waals surface area (Å²) in [5.41, 5.74) is 5.21. The van der Waals surface area contributed by atoms with Crippen LogP contribution in [0.2, 0.25) is 0 Å². The molecule has 0 aromatic rings. The molecule has 0 radical (unpaired) electrons. The maximum absolute atomic E-state index is 12.2. The molecule has 102 valence electrons. The molecule has 0 unspecified atom stereocenters. The first kappa shape index (κ1) is 16.4. The van der Waals surface area contributed by atoms with Crippen LogP contribution in [0.5, 0.6) is 0 Å². The Labute approximate surface area is 105 Å². The number of nitrogens with two attached hydrogens (primary N) is 1. The molecule has 17 heavy (non-hydrogen) atoms. The second-order valence-electron chi connectivity index (χ2n) is 5.51. The van der Waals surface area contributed by atoms with Gasteiger partial charge in [0.25, 0.3) is 0 Å². The zero-order valence-corrected chi connectivity index (χ0v) is 11.7. The number of nitrogens with one attached hydrogen (secondary N) is 1. The molecular weight excluding hydrogens is 216 g/mol. The average molecular weight is 244 g/mol. The summed E-state index contributed by atoms with van der Waals surface area (Å²) in [4.78, 5) is 12.2. The second kappa shape index (κ2) is 6.97. The van der Waals surface area contributed by atoms with Crippen LogP contribution in [0.1, 0.15) is 47.0 Å². The fourth-order valence-electron chi connectivity index (χ4n) is 1.85. The van der Waals surface area contributed by atoms with Gasteiger partial charge < -0.3 is 16.2 Å². The number of aliphatic hydroxyl groups excluding tert-OH is 1. The van der Waals surface area contributed by atoms with Gasteiger partial charge >= 0.3 is 0 Å². The van der Waals surface area contributed by atoms with Crippen molar-refractivity contribution in [1.29, 1.82) is 0 Å². The van der Waals surface area contributed by atoms with Crippen molar-refractivity contribution in [1.82, 2.24) is 5.32 Å². The highest BCUT2D eigenvalue weighted by Gasteiger charge is 2.33. The van der Waals surface area contributed by atoms with Gasteiger partial charge in [0.15, 0.2) is 0 Å². The molecule has 0 aliphatic rings. The normalized spacial score (nSPS) is 12.6. The Kier molecular flexibility index (Phi) is 6.72. The van der Waals surface area contributed by atoms with Gasteiger partial charge in [0.05, 0.1) is 5.41 Å². The summed E-state index contributed by atoms with van der Waals surface area (Å²) in [6, 6.07) is 0. The number of carbonyl (C=O) groups excluding carboxylic acids is 1. The second-order valence-corrected chi connectivity index (χ2v) is 5.51. The number of aliphatic hydroxyl groups is 1. The molecule has 0 aliphatic carbocycles. The highest BCUT2D eigenvalue weighted by Crippen LogP contribution is 2.26. The highest BCUT2D eigenvalue weighted by molar-refractivity contribution is 5.82. The van der Waals surface area contributed by atoms with Crippen molar-refractivity contribution in [2.45, 2.75) is 47.0 Å². The topological polar surface area (TPSA) is 75.4 Å². The molecule has 1 amide bonds. The molecule has 0 rings (SSSR count). The number of amides is 1. The van der Waals surface area contributed by atoms with E-state index in [-0.39, 0.29) is 17.9 Å². The van der Waals surface area contributed by atoms with Gasteiger partial charge in [0, 0.05) is 19.7 Å². The molecule has 0 aromatic heterocycles. The lowest BCUT2D eigenvalue weighted by Gasteiger charge is -2.31. The minimum atomic E-state index is -0.435. The number of carbonyl (C=O) groups is 1. The first-order valence-corrected chi connectivity index (χ1v) is 6.46. The number of rotatable bonds is 8. The molecule has 0 aliphatic heterocycles. The van der Waals surface area contributed by atoms with Crippen LogP contribution >= 0.6 is 0 Å². The van der Waals surface area contributed by atoms with E-state index >= 15 is 0 Å². The zero-order chi connectivity index (χ0) is 13.5. The van der Waals surface area contributed by atoms with Crippen LogP contribution in [0.25, 0.3) is 0 Å². The summed E-state index contributed by atoms with van der Waals surface area (Å²) in [5, 5.41) is 11.9. The minimum Gasteiger partial charge on any atom is -0.396 e. The van der Waals surface area contributed by atoms with Crippen LogP contribution in [0.4, 0.5) is 0 Å². The average Bonchev–Trinajstić information content (AvgIpc) is 2.29. The standard InChI is InChI=1S/C13H28N2O2/c1-5-13(6-2,9-14)11(17)15-10-12(3,4)7-8-16/h16H,5-10,14H2,1-4H3,(H,15,17). The Bertz CT molecular complexity index is 227. The minimum absolute atomic E-state index is 0.0380. The zero-order valence-electron chi connectivity index (χ0n) is 11.7. The molecule has 0 spiro atoms. The van der Waals surface area contributed by atoms with Crippen LogP contribution < -0.4 is 11.1 Å². The summed E-state index contributed by atoms with van der Waals surface area (Å²) >= 11 is 0. The van der Waals surface area contributed by atoms with Crippen molar-refractivity contribution >= 4 is 5.91 Å². The first-order valence-electron chi connectivity index (χ1n) is 6.46. The lowest BCUT2D eigenvalue weighted by Crippen LogP contribution is -2.47. The van der Waals surface area contributed by atoms with Crippen molar-refractivity contribution in [2.24, 2.45) is 16.6 Å². The number of hydrogen-bond donors (Lipinski definition) is 3. The fourth-order valence-corrected chi connectivity index (χ4v) is 1.85. The third-order valence-corrected chi connectivity index (χ3v) is 3.74. The molecule has 4 N–H and O–H groups in total. The Hall–Kier alpha value is -0.610. The van der Waals surface area contributed by atoms with E-state index in [2.05, 4.69) is 5.32 Å². The molecule has 0 bridgehead atoms. The van der Waals surface area contributed by atoms with Gasteiger partial charge in [0.2, 0.25) is 5.91 Å². The highest BCUT2D eigenvalue weighted by atomic mass is 16.3.